The van der Waals surface area contributed by atoms with Crippen LogP contribution in [0.2, 0.25) is 0 Å². The topological polar surface area (TPSA) is 38.3 Å². The van der Waals surface area contributed by atoms with Gasteiger partial charge in [-0.15, -0.1) is 0 Å². The molecule has 0 aliphatic heterocycles. The molecule has 3 aromatic carbocycles. The lowest BCUT2D eigenvalue weighted by Gasteiger charge is -2.17. The van der Waals surface area contributed by atoms with Crippen molar-refractivity contribution in [1.29, 1.82) is 0 Å². The van der Waals surface area contributed by atoms with Gasteiger partial charge in [-0.3, -0.25) is 4.79 Å². The van der Waals surface area contributed by atoms with Gasteiger partial charge in [0, 0.05) is 5.56 Å². The summed E-state index contributed by atoms with van der Waals surface area (Å²) in [5.41, 5.74) is 2.02. The van der Waals surface area contributed by atoms with Gasteiger partial charge in [-0.25, -0.2) is 0 Å². The van der Waals surface area contributed by atoms with Crippen molar-refractivity contribution in [3.8, 4) is 5.75 Å². The maximum Gasteiger partial charge on any atom is 0.225 e. The number of para-hydroxylation sites is 1. The Morgan fingerprint density at radius 1 is 1.00 bits per heavy atom. The number of fused-ring (bicyclic) bond motifs is 1. The zero-order valence-electron chi connectivity index (χ0n) is 14.0. The molecule has 1 N–H and O–H groups in total. The Bertz CT molecular complexity index is 852. The van der Waals surface area contributed by atoms with Crippen LogP contribution in [-0.2, 0) is 11.2 Å². The minimum absolute atomic E-state index is 0.0139. The molecular weight excluding hydrogens is 298 g/mol. The molecule has 0 radical (unpaired) electrons. The zero-order chi connectivity index (χ0) is 16.9. The predicted octanol–water partition coefficient (Wildman–Crippen LogP) is 4.27. The van der Waals surface area contributed by atoms with E-state index in [0.717, 1.165) is 16.9 Å². The third-order valence-electron chi connectivity index (χ3n) is 4.21. The first-order chi connectivity index (χ1) is 11.7. The summed E-state index contributed by atoms with van der Waals surface area (Å²) in [6, 6.07) is 22.0. The van der Waals surface area contributed by atoms with Crippen LogP contribution in [0.15, 0.2) is 66.7 Å². The summed E-state index contributed by atoms with van der Waals surface area (Å²) < 4.78 is 5.31. The Balaban J connectivity index is 1.76. The number of carbonyl (C=O) groups is 1. The molecule has 0 unspecified atom stereocenters. The van der Waals surface area contributed by atoms with Crippen molar-refractivity contribution in [3.05, 3.63) is 77.9 Å². The van der Waals surface area contributed by atoms with Crippen LogP contribution in [0.5, 0.6) is 5.75 Å². The Morgan fingerprint density at radius 3 is 2.54 bits per heavy atom. The van der Waals surface area contributed by atoms with Crippen LogP contribution in [-0.4, -0.2) is 13.0 Å². The number of rotatable bonds is 5. The second-order valence-electron chi connectivity index (χ2n) is 5.85. The number of carbonyl (C=O) groups excluding carboxylic acids is 1. The van der Waals surface area contributed by atoms with Gasteiger partial charge >= 0.3 is 0 Å². The standard InChI is InChI=1S/C21H21NO2/c1-15(18-12-7-10-16-8-3-5-11-19(16)18)22-21(23)14-17-9-4-6-13-20(17)24-2/h3-13,15H,14H2,1-2H3,(H,22,23)/t15-/m1/s1. The van der Waals surface area contributed by atoms with Crippen LogP contribution in [0.3, 0.4) is 0 Å². The molecule has 122 valence electrons. The highest BCUT2D eigenvalue weighted by Gasteiger charge is 2.14. The van der Waals surface area contributed by atoms with Gasteiger partial charge in [0.05, 0.1) is 19.6 Å². The SMILES string of the molecule is COc1ccccc1CC(=O)N[C@H](C)c1cccc2ccccc12. The fraction of sp³-hybridized carbons (Fsp3) is 0.190. The smallest absolute Gasteiger partial charge is 0.225 e. The van der Waals surface area contributed by atoms with E-state index in [0.29, 0.717) is 6.42 Å². The molecule has 0 fully saturated rings. The van der Waals surface area contributed by atoms with Crippen molar-refractivity contribution in [2.45, 2.75) is 19.4 Å². The second-order valence-corrected chi connectivity index (χ2v) is 5.85. The van der Waals surface area contributed by atoms with Gasteiger partial charge in [0.2, 0.25) is 5.91 Å². The highest BCUT2D eigenvalue weighted by molar-refractivity contribution is 5.87. The first-order valence-electron chi connectivity index (χ1n) is 8.08. The molecule has 3 nitrogen and oxygen atoms in total. The van der Waals surface area contributed by atoms with Gasteiger partial charge in [-0.1, -0.05) is 60.7 Å². The normalized spacial score (nSPS) is 11.9. The van der Waals surface area contributed by atoms with Crippen LogP contribution in [0.1, 0.15) is 24.1 Å². The van der Waals surface area contributed by atoms with Crippen molar-refractivity contribution < 1.29 is 9.53 Å². The number of amides is 1. The molecule has 3 aromatic rings. The Labute approximate surface area is 142 Å². The van der Waals surface area contributed by atoms with E-state index in [4.69, 9.17) is 4.74 Å². The van der Waals surface area contributed by atoms with Crippen molar-refractivity contribution in [3.63, 3.8) is 0 Å². The van der Waals surface area contributed by atoms with Crippen molar-refractivity contribution in [2.75, 3.05) is 7.11 Å². The summed E-state index contributed by atoms with van der Waals surface area (Å²) in [6.45, 7) is 2.02. The van der Waals surface area contributed by atoms with Gasteiger partial charge in [-0.2, -0.15) is 0 Å². The average Bonchev–Trinajstić information content (AvgIpc) is 2.61. The molecule has 1 atom stereocenters. The van der Waals surface area contributed by atoms with Gasteiger partial charge < -0.3 is 10.1 Å². The molecule has 0 aromatic heterocycles. The monoisotopic (exact) mass is 319 g/mol. The summed E-state index contributed by atoms with van der Waals surface area (Å²) in [5.74, 6) is 0.727. The molecule has 0 heterocycles. The van der Waals surface area contributed by atoms with Crippen molar-refractivity contribution in [1.82, 2.24) is 5.32 Å². The van der Waals surface area contributed by atoms with Gasteiger partial charge in [-0.05, 0) is 29.3 Å². The maximum absolute atomic E-state index is 12.4. The second kappa shape index (κ2) is 7.18. The lowest BCUT2D eigenvalue weighted by atomic mass is 9.99. The molecule has 0 aliphatic rings. The summed E-state index contributed by atoms with van der Waals surface area (Å²) >= 11 is 0. The Hall–Kier alpha value is -2.81. The van der Waals surface area contributed by atoms with Crippen LogP contribution in [0.4, 0.5) is 0 Å². The predicted molar refractivity (Wildman–Crippen MR) is 97.2 cm³/mol. The van der Waals surface area contributed by atoms with Crippen LogP contribution >= 0.6 is 0 Å². The number of hydrogen-bond acceptors (Lipinski definition) is 2. The highest BCUT2D eigenvalue weighted by Crippen LogP contribution is 2.24. The molecule has 0 spiro atoms. The third-order valence-corrected chi connectivity index (χ3v) is 4.21. The lowest BCUT2D eigenvalue weighted by Crippen LogP contribution is -2.28. The first-order valence-corrected chi connectivity index (χ1v) is 8.08. The number of ether oxygens (including phenoxy) is 1. The Kier molecular flexibility index (Phi) is 4.80. The first kappa shape index (κ1) is 16.1. The number of methoxy groups -OCH3 is 1. The van der Waals surface area contributed by atoms with E-state index >= 15 is 0 Å². The fourth-order valence-electron chi connectivity index (χ4n) is 3.02. The van der Waals surface area contributed by atoms with E-state index in [1.807, 2.05) is 49.4 Å². The van der Waals surface area contributed by atoms with E-state index in [1.54, 1.807) is 7.11 Å². The fourth-order valence-corrected chi connectivity index (χ4v) is 3.02. The third kappa shape index (κ3) is 3.40. The van der Waals surface area contributed by atoms with E-state index in [1.165, 1.54) is 10.8 Å². The number of hydrogen-bond donors (Lipinski definition) is 1. The summed E-state index contributed by atoms with van der Waals surface area (Å²) in [5, 5.41) is 5.45. The minimum Gasteiger partial charge on any atom is -0.496 e. The largest absolute Gasteiger partial charge is 0.496 e. The van der Waals surface area contributed by atoms with Gasteiger partial charge in [0.1, 0.15) is 5.75 Å². The molecule has 0 saturated heterocycles. The van der Waals surface area contributed by atoms with Gasteiger partial charge in [0.15, 0.2) is 0 Å². The molecule has 0 bridgehead atoms. The van der Waals surface area contributed by atoms with Crippen LogP contribution in [0, 0.1) is 0 Å². The summed E-state index contributed by atoms with van der Waals surface area (Å²) in [7, 11) is 1.62. The van der Waals surface area contributed by atoms with Crippen LogP contribution < -0.4 is 10.1 Å². The van der Waals surface area contributed by atoms with E-state index in [-0.39, 0.29) is 11.9 Å². The molecule has 0 aliphatic carbocycles. The molecule has 3 heteroatoms. The van der Waals surface area contributed by atoms with Gasteiger partial charge in [0.25, 0.3) is 0 Å². The summed E-state index contributed by atoms with van der Waals surface area (Å²) in [4.78, 5) is 12.4. The molecule has 24 heavy (non-hydrogen) atoms. The van der Waals surface area contributed by atoms with E-state index in [2.05, 4.69) is 29.6 Å². The van der Waals surface area contributed by atoms with Crippen LogP contribution in [0.25, 0.3) is 10.8 Å². The van der Waals surface area contributed by atoms with E-state index in [9.17, 15) is 4.79 Å². The molecular formula is C21H21NO2. The summed E-state index contributed by atoms with van der Waals surface area (Å²) in [6.07, 6.45) is 0.305. The Morgan fingerprint density at radius 2 is 1.71 bits per heavy atom. The van der Waals surface area contributed by atoms with E-state index < -0.39 is 0 Å². The quantitative estimate of drug-likeness (QED) is 0.763. The lowest BCUT2D eigenvalue weighted by molar-refractivity contribution is -0.121. The maximum atomic E-state index is 12.4. The molecule has 1 amide bonds. The zero-order valence-corrected chi connectivity index (χ0v) is 14.0. The average molecular weight is 319 g/mol. The molecule has 3 rings (SSSR count). The van der Waals surface area contributed by atoms with Crippen molar-refractivity contribution in [2.24, 2.45) is 0 Å². The number of nitrogens with one attached hydrogen (secondary N) is 1. The molecule has 0 saturated carbocycles. The minimum atomic E-state index is -0.0571. The highest BCUT2D eigenvalue weighted by atomic mass is 16.5. The van der Waals surface area contributed by atoms with Crippen molar-refractivity contribution >= 4 is 16.7 Å². The number of benzene rings is 3.